The lowest BCUT2D eigenvalue weighted by atomic mass is 10.0. The Kier molecular flexibility index (Phi) is 4.26. The second-order valence-corrected chi connectivity index (χ2v) is 3.89. The van der Waals surface area contributed by atoms with E-state index in [9.17, 15) is 9.59 Å². The summed E-state index contributed by atoms with van der Waals surface area (Å²) >= 11 is 1.33. The third-order valence-electron chi connectivity index (χ3n) is 1.90. The Labute approximate surface area is 90.2 Å². The van der Waals surface area contributed by atoms with Crippen molar-refractivity contribution in [1.82, 2.24) is 5.32 Å². The highest BCUT2D eigenvalue weighted by Crippen LogP contribution is 2.16. The first-order valence-electron chi connectivity index (χ1n) is 4.18. The summed E-state index contributed by atoms with van der Waals surface area (Å²) in [5.74, 6) is 0.179. The zero-order chi connectivity index (χ0) is 11.3. The van der Waals surface area contributed by atoms with Gasteiger partial charge in [-0.15, -0.1) is 11.8 Å². The van der Waals surface area contributed by atoms with E-state index in [1.807, 2.05) is 0 Å². The van der Waals surface area contributed by atoms with Crippen molar-refractivity contribution in [1.29, 1.82) is 0 Å². The van der Waals surface area contributed by atoms with Crippen molar-refractivity contribution in [3.63, 3.8) is 0 Å². The first kappa shape index (κ1) is 11.7. The van der Waals surface area contributed by atoms with E-state index in [0.717, 1.165) is 0 Å². The molecule has 1 aliphatic rings. The van der Waals surface area contributed by atoms with E-state index in [0.29, 0.717) is 5.75 Å². The van der Waals surface area contributed by atoms with Crippen LogP contribution in [0.3, 0.4) is 0 Å². The van der Waals surface area contributed by atoms with Crippen LogP contribution in [0, 0.1) is 0 Å². The number of carbonyl (C=O) groups is 2. The van der Waals surface area contributed by atoms with Crippen molar-refractivity contribution >= 4 is 23.6 Å². The molecule has 1 rings (SSSR count). The van der Waals surface area contributed by atoms with Crippen LogP contribution in [0.5, 0.6) is 0 Å². The molecule has 1 fully saturated rings. The minimum absolute atomic E-state index is 0.178. The second-order valence-electron chi connectivity index (χ2n) is 2.86. The Morgan fingerprint density at radius 2 is 2.53 bits per heavy atom. The van der Waals surface area contributed by atoms with Gasteiger partial charge in [-0.2, -0.15) is 0 Å². The normalized spacial score (nSPS) is 23.4. The molecular weight excluding hydrogens is 220 g/mol. The van der Waals surface area contributed by atoms with E-state index < -0.39 is 6.04 Å². The second kappa shape index (κ2) is 5.47. The molecule has 7 nitrogen and oxygen atoms in total. The van der Waals surface area contributed by atoms with Crippen LogP contribution in [0.25, 0.3) is 10.4 Å². The number of hydrogen-bond donors (Lipinski definition) is 1. The van der Waals surface area contributed by atoms with Gasteiger partial charge in [0.15, 0.2) is 0 Å². The maximum absolute atomic E-state index is 10.9. The predicted molar refractivity (Wildman–Crippen MR) is 54.2 cm³/mol. The molecule has 0 aromatic carbocycles. The van der Waals surface area contributed by atoms with Crippen LogP contribution in [-0.4, -0.2) is 42.6 Å². The van der Waals surface area contributed by atoms with Crippen LogP contribution < -0.4 is 5.32 Å². The highest BCUT2D eigenvalue weighted by atomic mass is 32.2. The third kappa shape index (κ3) is 3.03. The van der Waals surface area contributed by atoms with Gasteiger partial charge in [0.05, 0.1) is 18.9 Å². The summed E-state index contributed by atoms with van der Waals surface area (Å²) in [6, 6.07) is -0.816. The molecule has 82 valence electrons. The number of nitrogens with one attached hydrogen (secondary N) is 1. The zero-order valence-corrected chi connectivity index (χ0v) is 8.86. The van der Waals surface area contributed by atoms with E-state index in [1.165, 1.54) is 18.9 Å². The maximum Gasteiger partial charge on any atom is 0.315 e. The minimum Gasteiger partial charge on any atom is -0.468 e. The number of esters is 1. The number of amides is 1. The Morgan fingerprint density at radius 1 is 1.80 bits per heavy atom. The Hall–Kier alpha value is -1.40. The summed E-state index contributed by atoms with van der Waals surface area (Å²) in [4.78, 5) is 24.2. The summed E-state index contributed by atoms with van der Waals surface area (Å²) in [5, 5.41) is 5.94. The molecular formula is C7H10N4O3S. The van der Waals surface area contributed by atoms with Gasteiger partial charge in [0.1, 0.15) is 6.04 Å². The van der Waals surface area contributed by atoms with Crippen LogP contribution in [0.15, 0.2) is 5.11 Å². The number of azide groups is 1. The van der Waals surface area contributed by atoms with Crippen molar-refractivity contribution in [3.8, 4) is 0 Å². The number of methoxy groups -OCH3 is 1. The van der Waals surface area contributed by atoms with Crippen LogP contribution in [0.2, 0.25) is 0 Å². The van der Waals surface area contributed by atoms with Crippen LogP contribution in [0.4, 0.5) is 0 Å². The third-order valence-corrected chi connectivity index (χ3v) is 2.93. The first-order valence-corrected chi connectivity index (χ1v) is 5.33. The van der Waals surface area contributed by atoms with E-state index >= 15 is 0 Å². The molecule has 0 saturated carbocycles. The molecule has 1 N–H and O–H groups in total. The highest BCUT2D eigenvalue weighted by Gasteiger charge is 2.38. The quantitative estimate of drug-likeness (QED) is 0.237. The molecule has 8 heteroatoms. The molecule has 1 heterocycles. The molecule has 0 aromatic rings. The fraction of sp³-hybridized carbons (Fsp3) is 0.714. The largest absolute Gasteiger partial charge is 0.468 e. The fourth-order valence-corrected chi connectivity index (χ4v) is 2.00. The van der Waals surface area contributed by atoms with Gasteiger partial charge in [-0.25, -0.2) is 0 Å². The van der Waals surface area contributed by atoms with Gasteiger partial charge >= 0.3 is 5.97 Å². The molecule has 1 amide bonds. The van der Waals surface area contributed by atoms with Crippen molar-refractivity contribution in [2.24, 2.45) is 5.11 Å². The van der Waals surface area contributed by atoms with Crippen molar-refractivity contribution in [3.05, 3.63) is 10.4 Å². The smallest absolute Gasteiger partial charge is 0.315 e. The van der Waals surface area contributed by atoms with Gasteiger partial charge in [-0.3, -0.25) is 9.59 Å². The lowest BCUT2D eigenvalue weighted by Crippen LogP contribution is -2.62. The summed E-state index contributed by atoms with van der Waals surface area (Å²) in [5.41, 5.74) is 8.19. The van der Waals surface area contributed by atoms with E-state index in [4.69, 9.17) is 5.53 Å². The average molecular weight is 230 g/mol. The summed E-state index contributed by atoms with van der Waals surface area (Å²) < 4.78 is 4.45. The Bertz CT molecular complexity index is 313. The number of ether oxygens (including phenoxy) is 1. The van der Waals surface area contributed by atoms with Gasteiger partial charge < -0.3 is 10.1 Å². The highest BCUT2D eigenvalue weighted by molar-refractivity contribution is 7.99. The molecule has 1 aliphatic heterocycles. The molecule has 0 aromatic heterocycles. The molecule has 15 heavy (non-hydrogen) atoms. The molecule has 0 spiro atoms. The van der Waals surface area contributed by atoms with Gasteiger partial charge in [0.25, 0.3) is 0 Å². The number of β-lactam (4-membered cyclic amide) rings is 1. The number of nitrogens with zero attached hydrogens (tertiary/aromatic N) is 3. The summed E-state index contributed by atoms with van der Waals surface area (Å²) in [6.07, 6.45) is 0. The van der Waals surface area contributed by atoms with E-state index in [2.05, 4.69) is 20.1 Å². The fourth-order valence-electron chi connectivity index (χ4n) is 1.08. The van der Waals surface area contributed by atoms with Gasteiger partial charge in [0.2, 0.25) is 5.91 Å². The van der Waals surface area contributed by atoms with Crippen molar-refractivity contribution < 1.29 is 14.3 Å². The predicted octanol–water partition coefficient (Wildman–Crippen LogP) is 0.0699. The number of hydrogen-bond acceptors (Lipinski definition) is 5. The molecule has 0 bridgehead atoms. The number of thioether (sulfide) groups is 1. The van der Waals surface area contributed by atoms with Crippen molar-refractivity contribution in [2.75, 3.05) is 18.6 Å². The Morgan fingerprint density at radius 3 is 3.07 bits per heavy atom. The van der Waals surface area contributed by atoms with Crippen LogP contribution >= 0.6 is 11.8 Å². The lowest BCUT2D eigenvalue weighted by Gasteiger charge is -2.33. The van der Waals surface area contributed by atoms with E-state index in [1.54, 1.807) is 0 Å². The van der Waals surface area contributed by atoms with Crippen LogP contribution in [-0.2, 0) is 14.3 Å². The average Bonchev–Trinajstić information content (AvgIpc) is 2.24. The number of rotatable bonds is 5. The lowest BCUT2D eigenvalue weighted by molar-refractivity contribution is -0.137. The summed E-state index contributed by atoms with van der Waals surface area (Å²) in [7, 11) is 1.32. The van der Waals surface area contributed by atoms with E-state index in [-0.39, 0.29) is 23.7 Å². The molecule has 2 atom stereocenters. The van der Waals surface area contributed by atoms with Gasteiger partial charge in [0, 0.05) is 10.7 Å². The zero-order valence-electron chi connectivity index (χ0n) is 8.04. The Balaban J connectivity index is 2.25. The SMILES string of the molecule is COC(=O)CSCC1NC(=O)C1N=[N+]=[N-]. The van der Waals surface area contributed by atoms with Crippen molar-refractivity contribution in [2.45, 2.75) is 12.1 Å². The summed E-state index contributed by atoms with van der Waals surface area (Å²) in [6.45, 7) is 0. The molecule has 2 unspecified atom stereocenters. The molecule has 1 saturated heterocycles. The number of carbonyl (C=O) groups excluding carboxylic acids is 2. The first-order chi connectivity index (χ1) is 7.19. The van der Waals surface area contributed by atoms with Crippen LogP contribution in [0.1, 0.15) is 0 Å². The van der Waals surface area contributed by atoms with Gasteiger partial charge in [-0.05, 0) is 5.53 Å². The molecule has 0 aliphatic carbocycles. The topological polar surface area (TPSA) is 104 Å². The minimum atomic E-state index is -0.639. The standard InChI is InChI=1S/C7H10N4O3S/c1-14-5(12)3-15-2-4-6(10-11-8)7(13)9-4/h4,6H,2-3H2,1H3,(H,9,13). The monoisotopic (exact) mass is 230 g/mol. The maximum atomic E-state index is 10.9. The molecule has 0 radical (unpaired) electrons. The van der Waals surface area contributed by atoms with Gasteiger partial charge in [-0.1, -0.05) is 5.11 Å².